The monoisotopic (exact) mass is 469 g/mol. The Morgan fingerprint density at radius 3 is 2.53 bits per heavy atom. The number of methoxy groups -OCH3 is 1. The van der Waals surface area contributed by atoms with Crippen molar-refractivity contribution in [1.82, 2.24) is 24.8 Å². The van der Waals surface area contributed by atoms with Crippen LogP contribution in [0.2, 0.25) is 0 Å². The van der Waals surface area contributed by atoms with E-state index in [1.54, 1.807) is 30.7 Å². The molecule has 1 fully saturated rings. The number of thiocarbonyl (C=S) groups is 1. The van der Waals surface area contributed by atoms with E-state index in [1.165, 1.54) is 7.11 Å². The molecule has 4 heterocycles. The molecule has 3 aromatic heterocycles. The minimum absolute atomic E-state index is 0.106. The van der Waals surface area contributed by atoms with Crippen LogP contribution < -0.4 is 5.32 Å². The van der Waals surface area contributed by atoms with Crippen molar-refractivity contribution in [3.63, 3.8) is 0 Å². The van der Waals surface area contributed by atoms with Gasteiger partial charge in [-0.3, -0.25) is 9.97 Å². The fraction of sp³-hybridized carbons (Fsp3) is 0.154. The van der Waals surface area contributed by atoms with Gasteiger partial charge in [0.15, 0.2) is 5.11 Å². The lowest BCUT2D eigenvalue weighted by atomic mass is 10.0. The lowest BCUT2D eigenvalue weighted by Crippen LogP contribution is -2.30. The van der Waals surface area contributed by atoms with Gasteiger partial charge in [-0.05, 0) is 78.4 Å². The van der Waals surface area contributed by atoms with E-state index in [9.17, 15) is 4.79 Å². The molecule has 0 saturated carbocycles. The van der Waals surface area contributed by atoms with Crippen LogP contribution in [0, 0.1) is 0 Å². The van der Waals surface area contributed by atoms with Crippen molar-refractivity contribution in [3.05, 3.63) is 114 Å². The lowest BCUT2D eigenvalue weighted by Gasteiger charge is -2.29. The minimum atomic E-state index is -0.358. The Labute approximate surface area is 203 Å². The molecule has 0 radical (unpaired) electrons. The molecule has 0 unspecified atom stereocenters. The molecule has 0 aliphatic carbocycles. The number of nitrogens with one attached hydrogen (secondary N) is 1. The average Bonchev–Trinajstić information content (AvgIpc) is 3.49. The number of carbonyl (C=O) groups is 1. The van der Waals surface area contributed by atoms with Crippen molar-refractivity contribution >= 4 is 23.3 Å². The number of benzene rings is 1. The highest BCUT2D eigenvalue weighted by atomic mass is 32.1. The van der Waals surface area contributed by atoms with Crippen LogP contribution in [0.25, 0.3) is 5.69 Å². The highest BCUT2D eigenvalue weighted by Crippen LogP contribution is 2.40. The van der Waals surface area contributed by atoms with Gasteiger partial charge in [0.2, 0.25) is 0 Å². The third-order valence-electron chi connectivity index (χ3n) is 5.95. The van der Waals surface area contributed by atoms with E-state index in [0.717, 1.165) is 22.6 Å². The van der Waals surface area contributed by atoms with Gasteiger partial charge in [0.1, 0.15) is 0 Å². The average molecular weight is 470 g/mol. The Balaban J connectivity index is 1.56. The number of carbonyl (C=O) groups excluding carboxylic acids is 1. The Bertz CT molecular complexity index is 1290. The summed E-state index contributed by atoms with van der Waals surface area (Å²) in [5.74, 6) is -0.358. The van der Waals surface area contributed by atoms with Crippen molar-refractivity contribution < 1.29 is 9.53 Å². The van der Waals surface area contributed by atoms with Gasteiger partial charge < -0.3 is 19.5 Å². The molecule has 5 rings (SSSR count). The maximum Gasteiger partial charge on any atom is 0.337 e. The summed E-state index contributed by atoms with van der Waals surface area (Å²) in [5.41, 5.74) is 4.54. The zero-order valence-electron chi connectivity index (χ0n) is 18.5. The number of ether oxygens (including phenoxy) is 1. The lowest BCUT2D eigenvalue weighted by molar-refractivity contribution is 0.0600. The summed E-state index contributed by atoms with van der Waals surface area (Å²) in [7, 11) is 1.38. The molecular formula is C26H23N5O2S. The number of esters is 1. The number of rotatable bonds is 6. The number of hydrogen-bond acceptors (Lipinski definition) is 5. The normalized spacial score (nSPS) is 17.4. The van der Waals surface area contributed by atoms with Crippen molar-refractivity contribution in [2.24, 2.45) is 0 Å². The minimum Gasteiger partial charge on any atom is -0.465 e. The largest absolute Gasteiger partial charge is 0.465 e. The van der Waals surface area contributed by atoms with Crippen LogP contribution in [-0.2, 0) is 11.3 Å². The zero-order valence-corrected chi connectivity index (χ0v) is 19.4. The third kappa shape index (κ3) is 4.15. The summed E-state index contributed by atoms with van der Waals surface area (Å²) < 4.78 is 6.95. The van der Waals surface area contributed by atoms with Crippen LogP contribution in [0.3, 0.4) is 0 Å². The molecule has 34 heavy (non-hydrogen) atoms. The number of nitrogens with zero attached hydrogens (tertiary/aromatic N) is 4. The first-order valence-electron chi connectivity index (χ1n) is 10.9. The van der Waals surface area contributed by atoms with Crippen LogP contribution in [0.1, 0.15) is 39.4 Å². The summed E-state index contributed by atoms with van der Waals surface area (Å²) in [6, 6.07) is 21.2. The van der Waals surface area contributed by atoms with Crippen molar-refractivity contribution in [1.29, 1.82) is 0 Å². The molecule has 1 aliphatic rings. The van der Waals surface area contributed by atoms with Gasteiger partial charge in [-0.15, -0.1) is 0 Å². The Morgan fingerprint density at radius 2 is 1.82 bits per heavy atom. The molecule has 8 heteroatoms. The van der Waals surface area contributed by atoms with Gasteiger partial charge in [0, 0.05) is 42.7 Å². The van der Waals surface area contributed by atoms with E-state index in [-0.39, 0.29) is 18.1 Å². The molecule has 7 nitrogen and oxygen atoms in total. The maximum absolute atomic E-state index is 11.9. The first kappa shape index (κ1) is 21.8. The standard InChI is InChI=1S/C26H23N5O2S/c1-33-25(32)19-7-9-20(10-8-19)30-16-4-6-22(30)24-23(21-5-2-3-13-28-21)29-26(34)31(24)17-18-11-14-27-15-12-18/h2-16,23-24H,17H2,1H3,(H,29,34)/t23-,24+/m1/s1. The van der Waals surface area contributed by atoms with E-state index in [4.69, 9.17) is 17.0 Å². The first-order valence-corrected chi connectivity index (χ1v) is 11.3. The van der Waals surface area contributed by atoms with Crippen LogP contribution in [0.4, 0.5) is 0 Å². The molecule has 1 aliphatic heterocycles. The predicted octanol–water partition coefficient (Wildman–Crippen LogP) is 4.23. The molecular weight excluding hydrogens is 446 g/mol. The van der Waals surface area contributed by atoms with Crippen molar-refractivity contribution in [3.8, 4) is 5.69 Å². The predicted molar refractivity (Wildman–Crippen MR) is 132 cm³/mol. The Morgan fingerprint density at radius 1 is 1.03 bits per heavy atom. The van der Waals surface area contributed by atoms with Crippen molar-refractivity contribution in [2.45, 2.75) is 18.6 Å². The van der Waals surface area contributed by atoms with E-state index >= 15 is 0 Å². The molecule has 0 spiro atoms. The molecule has 170 valence electrons. The first-order chi connectivity index (χ1) is 16.7. The third-order valence-corrected chi connectivity index (χ3v) is 6.30. The highest BCUT2D eigenvalue weighted by molar-refractivity contribution is 7.80. The van der Waals surface area contributed by atoms with Crippen LogP contribution in [-0.4, -0.2) is 37.6 Å². The summed E-state index contributed by atoms with van der Waals surface area (Å²) >= 11 is 5.80. The number of pyridine rings is 2. The van der Waals surface area contributed by atoms with E-state index < -0.39 is 0 Å². The smallest absolute Gasteiger partial charge is 0.337 e. The van der Waals surface area contributed by atoms with Crippen LogP contribution in [0.15, 0.2) is 91.5 Å². The van der Waals surface area contributed by atoms with Gasteiger partial charge >= 0.3 is 5.97 Å². The summed E-state index contributed by atoms with van der Waals surface area (Å²) in [4.78, 5) is 22.8. The Hall–Kier alpha value is -4.04. The second-order valence-electron chi connectivity index (χ2n) is 7.95. The Kier molecular flexibility index (Phi) is 6.05. The van der Waals surface area contributed by atoms with Gasteiger partial charge in [0.25, 0.3) is 0 Å². The second kappa shape index (κ2) is 9.44. The molecule has 0 bridgehead atoms. The fourth-order valence-electron chi connectivity index (χ4n) is 4.33. The van der Waals surface area contributed by atoms with E-state index in [1.807, 2.05) is 54.7 Å². The molecule has 1 saturated heterocycles. The number of hydrogen-bond donors (Lipinski definition) is 1. The van der Waals surface area contributed by atoms with Gasteiger partial charge in [-0.1, -0.05) is 6.07 Å². The van der Waals surface area contributed by atoms with Crippen molar-refractivity contribution in [2.75, 3.05) is 7.11 Å². The van der Waals surface area contributed by atoms with E-state index in [2.05, 4.69) is 30.8 Å². The van der Waals surface area contributed by atoms with Gasteiger partial charge in [-0.2, -0.15) is 0 Å². The summed E-state index contributed by atoms with van der Waals surface area (Å²) in [6.07, 6.45) is 7.40. The summed E-state index contributed by atoms with van der Waals surface area (Å²) in [5, 5.41) is 4.17. The fourth-order valence-corrected chi connectivity index (χ4v) is 4.63. The second-order valence-corrected chi connectivity index (χ2v) is 8.34. The molecule has 1 N–H and O–H groups in total. The molecule has 1 aromatic carbocycles. The maximum atomic E-state index is 11.9. The zero-order chi connectivity index (χ0) is 23.5. The molecule has 2 atom stereocenters. The summed E-state index contributed by atoms with van der Waals surface area (Å²) in [6.45, 7) is 0.634. The number of aromatic nitrogens is 3. The van der Waals surface area contributed by atoms with Gasteiger partial charge in [0.05, 0.1) is 30.5 Å². The SMILES string of the molecule is COC(=O)c1ccc(-n2cccc2[C@H]2[C@@H](c3ccccn3)NC(=S)N2Cc2ccncc2)cc1. The highest BCUT2D eigenvalue weighted by Gasteiger charge is 2.41. The van der Waals surface area contributed by atoms with E-state index in [0.29, 0.717) is 17.2 Å². The molecule has 0 amide bonds. The molecule has 4 aromatic rings. The topological polar surface area (TPSA) is 72.3 Å². The van der Waals surface area contributed by atoms with Gasteiger partial charge in [-0.25, -0.2) is 4.79 Å². The quantitative estimate of drug-likeness (QED) is 0.335. The van der Waals surface area contributed by atoms with Crippen LogP contribution in [0.5, 0.6) is 0 Å². The van der Waals surface area contributed by atoms with Crippen LogP contribution >= 0.6 is 12.2 Å².